The van der Waals surface area contributed by atoms with Gasteiger partial charge in [0.25, 0.3) is 5.56 Å². The molecule has 0 unspecified atom stereocenters. The molecule has 3 N–H and O–H groups in total. The molecule has 0 amide bonds. The van der Waals surface area contributed by atoms with E-state index in [0.717, 1.165) is 0 Å². The van der Waals surface area contributed by atoms with E-state index >= 15 is 0 Å². The molecule has 0 saturated heterocycles. The Morgan fingerprint density at radius 2 is 2.33 bits per heavy atom. The maximum Gasteiger partial charge on any atom is 0.351 e. The fourth-order valence-corrected chi connectivity index (χ4v) is 0.817. The first-order valence-electron chi connectivity index (χ1n) is 4.10. The molecule has 7 heteroatoms. The predicted octanol–water partition coefficient (Wildman–Crippen LogP) is -0.0493. The highest BCUT2D eigenvalue weighted by Gasteiger charge is 2.01. The second-order valence-corrected chi connectivity index (χ2v) is 2.85. The Labute approximate surface area is 84.9 Å². The summed E-state index contributed by atoms with van der Waals surface area (Å²) in [6, 6.07) is 1.32. The summed E-state index contributed by atoms with van der Waals surface area (Å²) < 4.78 is 0. The van der Waals surface area contributed by atoms with Crippen molar-refractivity contribution in [2.75, 3.05) is 5.43 Å². The summed E-state index contributed by atoms with van der Waals surface area (Å²) in [5.74, 6) is -1.03. The van der Waals surface area contributed by atoms with Gasteiger partial charge in [-0.25, -0.2) is 15.2 Å². The Kier molecular flexibility index (Phi) is 3.17. The Bertz CT molecular complexity index is 463. The highest BCUT2D eigenvalue weighted by molar-refractivity contribution is 6.34. The number of rotatable bonds is 3. The monoisotopic (exact) mass is 210 g/mol. The van der Waals surface area contributed by atoms with Gasteiger partial charge < -0.3 is 5.11 Å². The number of hydrazone groups is 1. The van der Waals surface area contributed by atoms with Crippen LogP contribution >= 0.6 is 0 Å². The maximum absolute atomic E-state index is 11.0. The van der Waals surface area contributed by atoms with Crippen molar-refractivity contribution in [2.45, 2.75) is 13.8 Å². The summed E-state index contributed by atoms with van der Waals surface area (Å²) in [6.45, 7) is 2.97. The van der Waals surface area contributed by atoms with Crippen molar-refractivity contribution in [3.63, 3.8) is 0 Å². The van der Waals surface area contributed by atoms with Gasteiger partial charge in [0.2, 0.25) is 5.95 Å². The third kappa shape index (κ3) is 3.22. The molecule has 7 nitrogen and oxygen atoms in total. The molecule has 1 heterocycles. The van der Waals surface area contributed by atoms with E-state index in [9.17, 15) is 9.59 Å². The summed E-state index contributed by atoms with van der Waals surface area (Å²) in [4.78, 5) is 27.6. The van der Waals surface area contributed by atoms with E-state index in [-0.39, 0.29) is 17.2 Å². The summed E-state index contributed by atoms with van der Waals surface area (Å²) in [6.07, 6.45) is 0. The number of nitrogens with zero attached hydrogens (tertiary/aromatic N) is 2. The van der Waals surface area contributed by atoms with Crippen LogP contribution in [0.15, 0.2) is 16.0 Å². The topological polar surface area (TPSA) is 107 Å². The van der Waals surface area contributed by atoms with E-state index in [4.69, 9.17) is 5.11 Å². The van der Waals surface area contributed by atoms with Crippen LogP contribution in [0.2, 0.25) is 0 Å². The molecule has 0 bridgehead atoms. The SMILES string of the molecule is C/C(=N\Nc1nc(C)cc(=O)[nH]1)C(=O)O. The molecule has 0 saturated carbocycles. The number of carbonyl (C=O) groups is 1. The lowest BCUT2D eigenvalue weighted by atomic mass is 10.4. The fraction of sp³-hybridized carbons (Fsp3) is 0.250. The van der Waals surface area contributed by atoms with Gasteiger partial charge in [-0.3, -0.25) is 9.78 Å². The van der Waals surface area contributed by atoms with Crippen LogP contribution in [0, 0.1) is 6.92 Å². The van der Waals surface area contributed by atoms with Crippen molar-refractivity contribution in [3.05, 3.63) is 22.1 Å². The molecule has 80 valence electrons. The molecule has 1 aromatic heterocycles. The van der Waals surface area contributed by atoms with Crippen LogP contribution in [-0.2, 0) is 4.79 Å². The molecule has 0 aliphatic carbocycles. The number of aromatic nitrogens is 2. The van der Waals surface area contributed by atoms with Gasteiger partial charge >= 0.3 is 5.97 Å². The Balaban J connectivity index is 2.86. The zero-order valence-electron chi connectivity index (χ0n) is 8.24. The van der Waals surface area contributed by atoms with Crippen molar-refractivity contribution in [2.24, 2.45) is 5.10 Å². The lowest BCUT2D eigenvalue weighted by Gasteiger charge is -2.00. The second kappa shape index (κ2) is 4.36. The summed E-state index contributed by atoms with van der Waals surface area (Å²) in [7, 11) is 0. The van der Waals surface area contributed by atoms with Crippen LogP contribution in [0.25, 0.3) is 0 Å². The van der Waals surface area contributed by atoms with Crippen molar-refractivity contribution in [3.8, 4) is 0 Å². The molecule has 15 heavy (non-hydrogen) atoms. The van der Waals surface area contributed by atoms with Gasteiger partial charge in [0.05, 0.1) is 0 Å². The van der Waals surface area contributed by atoms with E-state index in [1.54, 1.807) is 6.92 Å². The molecular weight excluding hydrogens is 200 g/mol. The molecule has 0 aliphatic heterocycles. The number of aliphatic carboxylic acids is 1. The number of carboxylic acids is 1. The van der Waals surface area contributed by atoms with Crippen molar-refractivity contribution >= 4 is 17.6 Å². The number of aromatic amines is 1. The summed E-state index contributed by atoms with van der Waals surface area (Å²) >= 11 is 0. The zero-order chi connectivity index (χ0) is 11.4. The third-order valence-corrected chi connectivity index (χ3v) is 1.51. The Morgan fingerprint density at radius 3 is 2.87 bits per heavy atom. The van der Waals surface area contributed by atoms with Crippen LogP contribution in [0.3, 0.4) is 0 Å². The third-order valence-electron chi connectivity index (χ3n) is 1.51. The van der Waals surface area contributed by atoms with Gasteiger partial charge in [-0.1, -0.05) is 0 Å². The maximum atomic E-state index is 11.0. The smallest absolute Gasteiger partial charge is 0.351 e. The van der Waals surface area contributed by atoms with E-state index in [0.29, 0.717) is 5.69 Å². The van der Waals surface area contributed by atoms with Gasteiger partial charge in [-0.2, -0.15) is 5.10 Å². The standard InChI is InChI=1S/C8H10N4O3/c1-4-3-6(13)10-8(9-4)12-11-5(2)7(14)15/h3H,1-2H3,(H,14,15)(H2,9,10,12,13)/b11-5+. The summed E-state index contributed by atoms with van der Waals surface area (Å²) in [5, 5.41) is 12.0. The number of H-pyrrole nitrogens is 1. The molecule has 0 aliphatic rings. The number of carboxylic acid groups (broad SMARTS) is 1. The molecule has 0 aromatic carbocycles. The molecule has 0 radical (unpaired) electrons. The lowest BCUT2D eigenvalue weighted by Crippen LogP contribution is -2.14. The average molecular weight is 210 g/mol. The van der Waals surface area contributed by atoms with Crippen LogP contribution < -0.4 is 11.0 Å². The first-order valence-corrected chi connectivity index (χ1v) is 4.10. The Morgan fingerprint density at radius 1 is 1.67 bits per heavy atom. The summed E-state index contributed by atoms with van der Waals surface area (Å²) in [5.41, 5.74) is 2.41. The number of hydrogen-bond donors (Lipinski definition) is 3. The van der Waals surface area contributed by atoms with Gasteiger partial charge in [0.15, 0.2) is 0 Å². The molecule has 0 fully saturated rings. The van der Waals surface area contributed by atoms with Gasteiger partial charge in [-0.05, 0) is 13.8 Å². The lowest BCUT2D eigenvalue weighted by molar-refractivity contribution is -0.129. The number of nitrogens with one attached hydrogen (secondary N) is 2. The highest BCUT2D eigenvalue weighted by atomic mass is 16.4. The van der Waals surface area contributed by atoms with Crippen molar-refractivity contribution < 1.29 is 9.90 Å². The minimum absolute atomic E-state index is 0.112. The van der Waals surface area contributed by atoms with Crippen molar-refractivity contribution in [1.82, 2.24) is 9.97 Å². The highest BCUT2D eigenvalue weighted by Crippen LogP contribution is 1.95. The molecular formula is C8H10N4O3. The minimum atomic E-state index is -1.14. The number of aryl methyl sites for hydroxylation is 1. The van der Waals surface area contributed by atoms with Crippen LogP contribution in [-0.4, -0.2) is 26.8 Å². The zero-order valence-corrected chi connectivity index (χ0v) is 8.24. The fourth-order valence-electron chi connectivity index (χ4n) is 0.817. The molecule has 1 rings (SSSR count). The normalized spacial score (nSPS) is 11.2. The van der Waals surface area contributed by atoms with Gasteiger partial charge in [0.1, 0.15) is 5.71 Å². The van der Waals surface area contributed by atoms with E-state index < -0.39 is 5.97 Å². The van der Waals surface area contributed by atoms with Gasteiger partial charge in [-0.15, -0.1) is 0 Å². The second-order valence-electron chi connectivity index (χ2n) is 2.85. The van der Waals surface area contributed by atoms with E-state index in [1.165, 1.54) is 13.0 Å². The predicted molar refractivity (Wildman–Crippen MR) is 54.0 cm³/mol. The Hall–Kier alpha value is -2.18. The van der Waals surface area contributed by atoms with Crippen molar-refractivity contribution in [1.29, 1.82) is 0 Å². The number of anilines is 1. The van der Waals surface area contributed by atoms with Crippen LogP contribution in [0.1, 0.15) is 12.6 Å². The largest absolute Gasteiger partial charge is 0.477 e. The van der Waals surface area contributed by atoms with E-state index in [1.807, 2.05) is 0 Å². The van der Waals surface area contributed by atoms with Gasteiger partial charge in [0, 0.05) is 11.8 Å². The first-order chi connectivity index (χ1) is 6.99. The van der Waals surface area contributed by atoms with Crippen LogP contribution in [0.4, 0.5) is 5.95 Å². The molecule has 0 atom stereocenters. The molecule has 1 aromatic rings. The molecule has 0 spiro atoms. The minimum Gasteiger partial charge on any atom is -0.477 e. The first kappa shape index (κ1) is 10.9. The average Bonchev–Trinajstić information content (AvgIpc) is 2.12. The quantitative estimate of drug-likeness (QED) is 0.479. The number of hydrogen-bond acceptors (Lipinski definition) is 5. The van der Waals surface area contributed by atoms with E-state index in [2.05, 4.69) is 20.5 Å². The van der Waals surface area contributed by atoms with Crippen LogP contribution in [0.5, 0.6) is 0 Å².